The van der Waals surface area contributed by atoms with E-state index in [-0.39, 0.29) is 5.92 Å². The minimum Gasteiger partial charge on any atom is -0.481 e. The highest BCUT2D eigenvalue weighted by atomic mass is 16.4. The molecule has 0 amide bonds. The summed E-state index contributed by atoms with van der Waals surface area (Å²) in [6.07, 6.45) is 3.12. The molecule has 3 heteroatoms. The normalized spacial score (nSPS) is 22.1. The van der Waals surface area contributed by atoms with Crippen molar-refractivity contribution < 1.29 is 9.90 Å². The van der Waals surface area contributed by atoms with Crippen LogP contribution >= 0.6 is 0 Å². The molecule has 3 nitrogen and oxygen atoms in total. The summed E-state index contributed by atoms with van der Waals surface area (Å²) in [4.78, 5) is 10.6. The second kappa shape index (κ2) is 4.45. The highest BCUT2D eigenvalue weighted by Crippen LogP contribution is 2.20. The fourth-order valence-corrected chi connectivity index (χ4v) is 1.72. The van der Waals surface area contributed by atoms with Gasteiger partial charge in [-0.3, -0.25) is 4.79 Å². The monoisotopic (exact) mass is 171 g/mol. The zero-order chi connectivity index (χ0) is 8.97. The van der Waals surface area contributed by atoms with E-state index in [1.54, 1.807) is 6.92 Å². The highest BCUT2D eigenvalue weighted by Gasteiger charge is 2.19. The molecule has 70 valence electrons. The second-order valence-electron chi connectivity index (χ2n) is 3.67. The molecule has 0 bridgehead atoms. The number of hydrogen-bond donors (Lipinski definition) is 2. The molecule has 0 spiro atoms. The van der Waals surface area contributed by atoms with Crippen molar-refractivity contribution in [2.75, 3.05) is 13.1 Å². The zero-order valence-electron chi connectivity index (χ0n) is 7.55. The molecule has 1 rings (SSSR count). The van der Waals surface area contributed by atoms with Crippen molar-refractivity contribution in [3.8, 4) is 0 Å². The van der Waals surface area contributed by atoms with Crippen LogP contribution < -0.4 is 5.32 Å². The molecule has 1 aliphatic rings. The maximum Gasteiger partial charge on any atom is 0.306 e. The predicted octanol–water partition coefficient (Wildman–Crippen LogP) is 1.10. The quantitative estimate of drug-likeness (QED) is 0.668. The molecule has 1 aliphatic heterocycles. The van der Waals surface area contributed by atoms with E-state index in [4.69, 9.17) is 5.11 Å². The molecule has 0 aromatic heterocycles. The van der Waals surface area contributed by atoms with E-state index < -0.39 is 5.97 Å². The molecule has 0 aliphatic carbocycles. The second-order valence-corrected chi connectivity index (χ2v) is 3.67. The van der Waals surface area contributed by atoms with Gasteiger partial charge in [0, 0.05) is 0 Å². The van der Waals surface area contributed by atoms with Crippen LogP contribution in [0.2, 0.25) is 0 Å². The molecule has 1 saturated heterocycles. The third kappa shape index (κ3) is 2.81. The lowest BCUT2D eigenvalue weighted by atomic mass is 9.89. The van der Waals surface area contributed by atoms with Gasteiger partial charge in [-0.1, -0.05) is 6.92 Å². The number of aliphatic carboxylic acids is 1. The molecule has 12 heavy (non-hydrogen) atoms. The number of piperidine rings is 1. The van der Waals surface area contributed by atoms with Crippen molar-refractivity contribution in [1.29, 1.82) is 0 Å². The Hall–Kier alpha value is -0.570. The van der Waals surface area contributed by atoms with E-state index >= 15 is 0 Å². The Morgan fingerprint density at radius 2 is 2.17 bits per heavy atom. The smallest absolute Gasteiger partial charge is 0.306 e. The van der Waals surface area contributed by atoms with Crippen molar-refractivity contribution >= 4 is 5.97 Å². The molecule has 1 heterocycles. The van der Waals surface area contributed by atoms with Gasteiger partial charge in [0.15, 0.2) is 0 Å². The highest BCUT2D eigenvalue weighted by molar-refractivity contribution is 5.69. The molecule has 1 fully saturated rings. The topological polar surface area (TPSA) is 49.3 Å². The van der Waals surface area contributed by atoms with E-state index in [9.17, 15) is 4.79 Å². The zero-order valence-corrected chi connectivity index (χ0v) is 7.55. The van der Waals surface area contributed by atoms with Gasteiger partial charge in [-0.15, -0.1) is 0 Å². The third-order valence-corrected chi connectivity index (χ3v) is 2.57. The summed E-state index contributed by atoms with van der Waals surface area (Å²) in [5.41, 5.74) is 0. The maximum atomic E-state index is 10.6. The van der Waals surface area contributed by atoms with Crippen LogP contribution in [-0.4, -0.2) is 24.2 Å². The van der Waals surface area contributed by atoms with Crippen LogP contribution in [0.1, 0.15) is 26.2 Å². The lowest BCUT2D eigenvalue weighted by Gasteiger charge is -2.23. The van der Waals surface area contributed by atoms with Crippen molar-refractivity contribution in [3.05, 3.63) is 0 Å². The lowest BCUT2D eigenvalue weighted by Crippen LogP contribution is -2.29. The van der Waals surface area contributed by atoms with E-state index in [0.717, 1.165) is 32.4 Å². The molecule has 0 saturated carbocycles. The number of rotatable bonds is 3. The number of hydrogen-bond acceptors (Lipinski definition) is 2. The molecular formula is C9H17NO2. The van der Waals surface area contributed by atoms with Crippen LogP contribution in [0.3, 0.4) is 0 Å². The molecular weight excluding hydrogens is 154 g/mol. The van der Waals surface area contributed by atoms with Gasteiger partial charge in [0.25, 0.3) is 0 Å². The third-order valence-electron chi connectivity index (χ3n) is 2.57. The summed E-state index contributed by atoms with van der Waals surface area (Å²) in [6, 6.07) is 0. The van der Waals surface area contributed by atoms with Crippen LogP contribution in [0.15, 0.2) is 0 Å². The first kappa shape index (κ1) is 9.52. The Morgan fingerprint density at radius 3 is 2.67 bits per heavy atom. The van der Waals surface area contributed by atoms with Crippen molar-refractivity contribution in [2.24, 2.45) is 11.8 Å². The summed E-state index contributed by atoms with van der Waals surface area (Å²) in [5, 5.41) is 12.0. The minimum atomic E-state index is -0.659. The van der Waals surface area contributed by atoms with Gasteiger partial charge in [-0.25, -0.2) is 0 Å². The van der Waals surface area contributed by atoms with Crippen LogP contribution in [-0.2, 0) is 4.79 Å². The first-order valence-corrected chi connectivity index (χ1v) is 4.63. The van der Waals surface area contributed by atoms with Crippen molar-refractivity contribution in [3.63, 3.8) is 0 Å². The van der Waals surface area contributed by atoms with Gasteiger partial charge in [0.05, 0.1) is 5.92 Å². The standard InChI is InChI=1S/C9H17NO2/c1-7(9(11)12)6-8-2-4-10-5-3-8/h7-8,10H,2-6H2,1H3,(H,11,12)/t7-/m0/s1. The fourth-order valence-electron chi connectivity index (χ4n) is 1.72. The summed E-state index contributed by atoms with van der Waals surface area (Å²) in [5.74, 6) is -0.209. The predicted molar refractivity (Wildman–Crippen MR) is 47.0 cm³/mol. The first-order valence-electron chi connectivity index (χ1n) is 4.63. The summed E-state index contributed by atoms with van der Waals surface area (Å²) >= 11 is 0. The average molecular weight is 171 g/mol. The maximum absolute atomic E-state index is 10.6. The van der Waals surface area contributed by atoms with Gasteiger partial charge in [-0.2, -0.15) is 0 Å². The summed E-state index contributed by atoms with van der Waals surface area (Å²) in [6.45, 7) is 3.90. The van der Waals surface area contributed by atoms with Crippen molar-refractivity contribution in [2.45, 2.75) is 26.2 Å². The number of carboxylic acids is 1. The first-order chi connectivity index (χ1) is 5.70. The Kier molecular flexibility index (Phi) is 3.53. The number of carbonyl (C=O) groups is 1. The lowest BCUT2D eigenvalue weighted by molar-refractivity contribution is -0.141. The van der Waals surface area contributed by atoms with E-state index in [1.807, 2.05) is 0 Å². The number of carboxylic acid groups (broad SMARTS) is 1. The summed E-state index contributed by atoms with van der Waals surface area (Å²) in [7, 11) is 0. The summed E-state index contributed by atoms with van der Waals surface area (Å²) < 4.78 is 0. The van der Waals surface area contributed by atoms with E-state index in [2.05, 4.69) is 5.32 Å². The van der Waals surface area contributed by atoms with Crippen LogP contribution in [0.4, 0.5) is 0 Å². The Bertz CT molecular complexity index is 153. The SMILES string of the molecule is C[C@@H](CC1CCNCC1)C(=O)O. The van der Waals surface area contributed by atoms with Crippen molar-refractivity contribution in [1.82, 2.24) is 5.32 Å². The molecule has 0 radical (unpaired) electrons. The Labute approximate surface area is 73.2 Å². The molecule has 0 aromatic rings. The largest absolute Gasteiger partial charge is 0.481 e. The van der Waals surface area contributed by atoms with Gasteiger partial charge in [0.1, 0.15) is 0 Å². The van der Waals surface area contributed by atoms with Crippen LogP contribution in [0, 0.1) is 11.8 Å². The van der Waals surface area contributed by atoms with Crippen LogP contribution in [0.25, 0.3) is 0 Å². The van der Waals surface area contributed by atoms with Gasteiger partial charge < -0.3 is 10.4 Å². The molecule has 0 unspecified atom stereocenters. The molecule has 1 atom stereocenters. The van der Waals surface area contributed by atoms with Gasteiger partial charge in [-0.05, 0) is 38.3 Å². The Morgan fingerprint density at radius 1 is 1.58 bits per heavy atom. The molecule has 0 aromatic carbocycles. The number of nitrogens with one attached hydrogen (secondary N) is 1. The van der Waals surface area contributed by atoms with Gasteiger partial charge >= 0.3 is 5.97 Å². The fraction of sp³-hybridized carbons (Fsp3) is 0.889. The van der Waals surface area contributed by atoms with Gasteiger partial charge in [0.2, 0.25) is 0 Å². The Balaban J connectivity index is 2.24. The average Bonchev–Trinajstić information content (AvgIpc) is 2.06. The molecule has 2 N–H and O–H groups in total. The van der Waals surface area contributed by atoms with E-state index in [1.165, 1.54) is 0 Å². The minimum absolute atomic E-state index is 0.173. The van der Waals surface area contributed by atoms with Crippen LogP contribution in [0.5, 0.6) is 0 Å². The van der Waals surface area contributed by atoms with E-state index in [0.29, 0.717) is 5.92 Å².